The molecule has 0 spiro atoms. The predicted molar refractivity (Wildman–Crippen MR) is 140 cm³/mol. The molecule has 1 aromatic rings. The first-order valence-corrected chi connectivity index (χ1v) is 12.7. The van der Waals surface area contributed by atoms with Gasteiger partial charge in [0.1, 0.15) is 17.7 Å². The number of carbonyl (C=O) groups is 4. The van der Waals surface area contributed by atoms with Crippen LogP contribution in [0.3, 0.4) is 0 Å². The molecule has 3 unspecified atom stereocenters. The van der Waals surface area contributed by atoms with Crippen molar-refractivity contribution >= 4 is 23.8 Å². The molecule has 9 heteroatoms. The van der Waals surface area contributed by atoms with E-state index >= 15 is 0 Å². The fourth-order valence-electron chi connectivity index (χ4n) is 3.70. The molecule has 36 heavy (non-hydrogen) atoms. The van der Waals surface area contributed by atoms with Gasteiger partial charge in [0.2, 0.25) is 17.7 Å². The number of rotatable bonds is 13. The van der Waals surface area contributed by atoms with Crippen molar-refractivity contribution < 1.29 is 23.9 Å². The molecule has 0 heterocycles. The largest absolute Gasteiger partial charge is 0.444 e. The van der Waals surface area contributed by atoms with Gasteiger partial charge in [-0.1, -0.05) is 56.5 Å². The van der Waals surface area contributed by atoms with Crippen molar-refractivity contribution in [1.29, 1.82) is 0 Å². The maximum Gasteiger partial charge on any atom is 0.408 e. The van der Waals surface area contributed by atoms with Crippen LogP contribution in [-0.2, 0) is 19.1 Å². The average molecular weight is 505 g/mol. The van der Waals surface area contributed by atoms with Crippen molar-refractivity contribution in [2.75, 3.05) is 6.54 Å². The van der Waals surface area contributed by atoms with Gasteiger partial charge in [-0.2, -0.15) is 0 Å². The Bertz CT molecular complexity index is 879. The molecule has 0 saturated carbocycles. The summed E-state index contributed by atoms with van der Waals surface area (Å²) in [5.41, 5.74) is 6.27. The van der Waals surface area contributed by atoms with Crippen LogP contribution in [0.1, 0.15) is 90.8 Å². The van der Waals surface area contributed by atoms with Crippen LogP contribution < -0.4 is 16.4 Å². The number of ether oxygens (including phenoxy) is 1. The molecule has 0 saturated heterocycles. The van der Waals surface area contributed by atoms with Crippen molar-refractivity contribution in [3.8, 4) is 0 Å². The van der Waals surface area contributed by atoms with Gasteiger partial charge in [-0.25, -0.2) is 4.79 Å². The highest BCUT2D eigenvalue weighted by molar-refractivity contribution is 5.94. The number of benzene rings is 1. The summed E-state index contributed by atoms with van der Waals surface area (Å²) in [5, 5.41) is 5.45. The Hall–Kier alpha value is -3.10. The van der Waals surface area contributed by atoms with E-state index in [0.29, 0.717) is 18.5 Å². The summed E-state index contributed by atoms with van der Waals surface area (Å²) < 4.78 is 5.30. The third-order valence-corrected chi connectivity index (χ3v) is 5.71. The van der Waals surface area contributed by atoms with E-state index in [1.54, 1.807) is 20.8 Å². The molecule has 1 aromatic carbocycles. The number of nitrogens with zero attached hydrogens (tertiary/aromatic N) is 1. The summed E-state index contributed by atoms with van der Waals surface area (Å²) in [6, 6.07) is 4.79. The van der Waals surface area contributed by atoms with Crippen LogP contribution in [0.4, 0.5) is 4.79 Å². The molecular weight excluding hydrogens is 460 g/mol. The first-order chi connectivity index (χ1) is 16.8. The number of hydrogen-bond donors (Lipinski definition) is 3. The van der Waals surface area contributed by atoms with E-state index in [1.165, 1.54) is 4.90 Å². The summed E-state index contributed by atoms with van der Waals surface area (Å²) in [4.78, 5) is 53.2. The average Bonchev–Trinajstić information content (AvgIpc) is 2.78. The number of primary amides is 1. The molecule has 0 aliphatic rings. The Morgan fingerprint density at radius 1 is 1.06 bits per heavy atom. The minimum Gasteiger partial charge on any atom is -0.444 e. The maximum atomic E-state index is 13.9. The number of amides is 4. The zero-order chi connectivity index (χ0) is 27.5. The van der Waals surface area contributed by atoms with Crippen LogP contribution in [0.15, 0.2) is 24.3 Å². The predicted octanol–water partition coefficient (Wildman–Crippen LogP) is 3.74. The number of unbranched alkanes of at least 4 members (excludes halogenated alkanes) is 2. The molecule has 0 aromatic heterocycles. The van der Waals surface area contributed by atoms with Crippen LogP contribution in [0.2, 0.25) is 0 Å². The molecule has 0 radical (unpaired) electrons. The summed E-state index contributed by atoms with van der Waals surface area (Å²) >= 11 is 0. The molecule has 0 aliphatic carbocycles. The molecule has 0 bridgehead atoms. The van der Waals surface area contributed by atoms with Gasteiger partial charge < -0.3 is 26.0 Å². The van der Waals surface area contributed by atoms with E-state index in [0.717, 1.165) is 24.8 Å². The van der Waals surface area contributed by atoms with E-state index < -0.39 is 42.0 Å². The Morgan fingerprint density at radius 2 is 1.67 bits per heavy atom. The second-order valence-electron chi connectivity index (χ2n) is 10.2. The lowest BCUT2D eigenvalue weighted by molar-refractivity contribution is -0.145. The maximum absolute atomic E-state index is 13.9. The molecular formula is C27H44N4O5. The first-order valence-electron chi connectivity index (χ1n) is 12.7. The fourth-order valence-corrected chi connectivity index (χ4v) is 3.70. The highest BCUT2D eigenvalue weighted by Gasteiger charge is 2.39. The molecule has 4 amide bonds. The summed E-state index contributed by atoms with van der Waals surface area (Å²) in [5.74, 6) is -1.66. The lowest BCUT2D eigenvalue weighted by Gasteiger charge is -2.38. The monoisotopic (exact) mass is 504 g/mol. The lowest BCUT2D eigenvalue weighted by atomic mass is 9.98. The number of hydrogen-bond acceptors (Lipinski definition) is 5. The molecule has 4 N–H and O–H groups in total. The van der Waals surface area contributed by atoms with E-state index in [9.17, 15) is 19.2 Å². The molecule has 202 valence electrons. The topological polar surface area (TPSA) is 131 Å². The number of alkyl carbamates (subject to hydrolysis) is 1. The number of nitrogens with two attached hydrogens (primary N) is 1. The quantitative estimate of drug-likeness (QED) is 0.352. The lowest BCUT2D eigenvalue weighted by Crippen LogP contribution is -2.56. The van der Waals surface area contributed by atoms with Gasteiger partial charge in [-0.15, -0.1) is 0 Å². The molecule has 3 atom stereocenters. The smallest absolute Gasteiger partial charge is 0.408 e. The summed E-state index contributed by atoms with van der Waals surface area (Å²) in [6.45, 7) is 13.3. The zero-order valence-electron chi connectivity index (χ0n) is 22.8. The van der Waals surface area contributed by atoms with E-state index in [4.69, 9.17) is 10.5 Å². The summed E-state index contributed by atoms with van der Waals surface area (Å²) in [7, 11) is 0. The number of carbonyl (C=O) groups excluding carboxylic acids is 4. The Kier molecular flexibility index (Phi) is 12.4. The van der Waals surface area contributed by atoms with Crippen LogP contribution in [0.5, 0.6) is 0 Å². The first kappa shape index (κ1) is 30.9. The van der Waals surface area contributed by atoms with E-state index in [-0.39, 0.29) is 11.9 Å². The van der Waals surface area contributed by atoms with Crippen molar-refractivity contribution in [3.05, 3.63) is 35.4 Å². The molecule has 9 nitrogen and oxygen atoms in total. The Balaban J connectivity index is 3.44. The second-order valence-corrected chi connectivity index (χ2v) is 10.2. The minimum atomic E-state index is -1.29. The van der Waals surface area contributed by atoms with Gasteiger partial charge in [0.15, 0.2) is 0 Å². The highest BCUT2D eigenvalue weighted by atomic mass is 16.6. The number of aryl methyl sites for hydroxylation is 1. The van der Waals surface area contributed by atoms with Gasteiger partial charge in [0, 0.05) is 12.6 Å². The van der Waals surface area contributed by atoms with Gasteiger partial charge in [-0.3, -0.25) is 14.4 Å². The van der Waals surface area contributed by atoms with E-state index in [1.807, 2.05) is 45.0 Å². The number of nitrogens with one attached hydrogen (secondary N) is 2. The third-order valence-electron chi connectivity index (χ3n) is 5.71. The normalized spacial score (nSPS) is 13.8. The van der Waals surface area contributed by atoms with Crippen LogP contribution in [-0.4, -0.2) is 52.9 Å². The molecule has 0 fully saturated rings. The van der Waals surface area contributed by atoms with Crippen LogP contribution in [0, 0.1) is 6.92 Å². The molecule has 0 aliphatic heterocycles. The van der Waals surface area contributed by atoms with Gasteiger partial charge >= 0.3 is 6.09 Å². The highest BCUT2D eigenvalue weighted by Crippen LogP contribution is 2.27. The van der Waals surface area contributed by atoms with E-state index in [2.05, 4.69) is 17.6 Å². The summed E-state index contributed by atoms with van der Waals surface area (Å²) in [6.07, 6.45) is 2.09. The van der Waals surface area contributed by atoms with Crippen molar-refractivity contribution in [3.63, 3.8) is 0 Å². The van der Waals surface area contributed by atoms with Crippen LogP contribution >= 0.6 is 0 Å². The van der Waals surface area contributed by atoms with Gasteiger partial charge in [-0.05, 0) is 53.0 Å². The third kappa shape index (κ3) is 10.3. The zero-order valence-corrected chi connectivity index (χ0v) is 22.8. The van der Waals surface area contributed by atoms with Gasteiger partial charge in [0.05, 0.1) is 6.42 Å². The Labute approximate surface area is 215 Å². The molecule has 1 rings (SSSR count). The standard InChI is InChI=1S/C27H44N4O5/c1-8-10-11-16-29-24(33)23(20-14-12-18(3)13-15-20)31(19(4)9-2)25(34)21(17-22(28)32)30-26(35)36-27(5,6)7/h12-15,19,21,23H,8-11,16-17H2,1-7H3,(H2,28,32)(H,29,33)(H,30,35). The van der Waals surface area contributed by atoms with Crippen LogP contribution in [0.25, 0.3) is 0 Å². The fraction of sp³-hybridized carbons (Fsp3) is 0.630. The SMILES string of the molecule is CCCCCNC(=O)C(c1ccc(C)cc1)N(C(=O)C(CC(N)=O)NC(=O)OC(C)(C)C)C(C)CC. The second kappa shape index (κ2) is 14.5. The van der Waals surface area contributed by atoms with Gasteiger partial charge in [0.25, 0.3) is 0 Å². The van der Waals surface area contributed by atoms with Crippen molar-refractivity contribution in [2.24, 2.45) is 5.73 Å². The van der Waals surface area contributed by atoms with Crippen molar-refractivity contribution in [2.45, 2.75) is 104 Å². The van der Waals surface area contributed by atoms with Crippen molar-refractivity contribution in [1.82, 2.24) is 15.5 Å². The minimum absolute atomic E-state index is 0.321. The Morgan fingerprint density at radius 3 is 2.17 bits per heavy atom.